The van der Waals surface area contributed by atoms with E-state index in [2.05, 4.69) is 24.2 Å². The van der Waals surface area contributed by atoms with Gasteiger partial charge < -0.3 is 10.1 Å². The van der Waals surface area contributed by atoms with Gasteiger partial charge in [-0.05, 0) is 44.0 Å². The highest BCUT2D eigenvalue weighted by atomic mass is 19.4. The quantitative estimate of drug-likeness (QED) is 0.864. The smallest absolute Gasteiger partial charge is 0.401 e. The van der Waals surface area contributed by atoms with Gasteiger partial charge in [0, 0.05) is 24.7 Å². The Labute approximate surface area is 135 Å². The van der Waals surface area contributed by atoms with Crippen molar-refractivity contribution in [2.45, 2.75) is 52.0 Å². The minimum Gasteiger partial charge on any atom is -0.494 e. The summed E-state index contributed by atoms with van der Waals surface area (Å²) in [5, 5.41) is 2.47. The van der Waals surface area contributed by atoms with Crippen LogP contribution in [0.2, 0.25) is 0 Å². The van der Waals surface area contributed by atoms with Gasteiger partial charge in [-0.1, -0.05) is 13.0 Å². The van der Waals surface area contributed by atoms with Gasteiger partial charge in [-0.3, -0.25) is 4.90 Å². The molecule has 1 unspecified atom stereocenters. The second-order valence-electron chi connectivity index (χ2n) is 6.06. The van der Waals surface area contributed by atoms with Crippen molar-refractivity contribution >= 4 is 0 Å². The fraction of sp³-hybridized carbons (Fsp3) is 0.647. The number of likely N-dealkylation sites (N-methyl/N-ethyl adjacent to an activating group) is 1. The van der Waals surface area contributed by atoms with Crippen molar-refractivity contribution < 1.29 is 17.9 Å². The number of ether oxygens (including phenoxy) is 1. The molecule has 1 aromatic carbocycles. The molecule has 0 saturated carbocycles. The Morgan fingerprint density at radius 1 is 1.26 bits per heavy atom. The maximum Gasteiger partial charge on any atom is 0.401 e. The van der Waals surface area contributed by atoms with Crippen molar-refractivity contribution in [1.29, 1.82) is 0 Å². The lowest BCUT2D eigenvalue weighted by Gasteiger charge is -2.34. The molecule has 0 saturated heterocycles. The molecule has 1 atom stereocenters. The molecule has 3 nitrogen and oxygen atoms in total. The van der Waals surface area contributed by atoms with Crippen molar-refractivity contribution in [3.8, 4) is 5.75 Å². The van der Waals surface area contributed by atoms with Crippen molar-refractivity contribution in [1.82, 2.24) is 10.2 Å². The number of nitrogens with zero attached hydrogens (tertiary/aromatic N) is 1. The normalized spacial score (nSPS) is 18.8. The van der Waals surface area contributed by atoms with E-state index in [1.165, 1.54) is 11.1 Å². The molecule has 1 aliphatic heterocycles. The van der Waals surface area contributed by atoms with Crippen LogP contribution >= 0.6 is 0 Å². The number of hydrogen-bond acceptors (Lipinski definition) is 3. The zero-order valence-corrected chi connectivity index (χ0v) is 14.0. The zero-order chi connectivity index (χ0) is 17.0. The predicted molar refractivity (Wildman–Crippen MR) is 84.6 cm³/mol. The van der Waals surface area contributed by atoms with E-state index in [4.69, 9.17) is 4.74 Å². The number of hydrogen-bond donors (Lipinski definition) is 1. The first-order valence-electron chi connectivity index (χ1n) is 8.09. The molecule has 1 N–H and O–H groups in total. The second-order valence-corrected chi connectivity index (χ2v) is 6.06. The monoisotopic (exact) mass is 330 g/mol. The lowest BCUT2D eigenvalue weighted by Crippen LogP contribution is -2.37. The summed E-state index contributed by atoms with van der Waals surface area (Å²) in [6, 6.07) is 4.49. The van der Waals surface area contributed by atoms with E-state index >= 15 is 0 Å². The van der Waals surface area contributed by atoms with Crippen LogP contribution in [0, 0.1) is 0 Å². The van der Waals surface area contributed by atoms with Crippen LogP contribution in [-0.4, -0.2) is 37.3 Å². The Balaban J connectivity index is 2.20. The van der Waals surface area contributed by atoms with Crippen LogP contribution in [0.25, 0.3) is 0 Å². The summed E-state index contributed by atoms with van der Waals surface area (Å²) in [7, 11) is 2.11. The summed E-state index contributed by atoms with van der Waals surface area (Å²) in [6.45, 7) is 4.56. The van der Waals surface area contributed by atoms with Gasteiger partial charge in [-0.15, -0.1) is 0 Å². The fourth-order valence-electron chi connectivity index (χ4n) is 3.09. The van der Waals surface area contributed by atoms with E-state index in [-0.39, 0.29) is 6.54 Å². The number of benzene rings is 1. The molecule has 1 aromatic rings. The molecule has 6 heteroatoms. The fourth-order valence-corrected chi connectivity index (χ4v) is 3.09. The largest absolute Gasteiger partial charge is 0.494 e. The van der Waals surface area contributed by atoms with E-state index in [9.17, 15) is 13.2 Å². The van der Waals surface area contributed by atoms with Crippen LogP contribution in [0.1, 0.15) is 37.0 Å². The maximum atomic E-state index is 12.3. The number of alkyl halides is 3. The minimum absolute atomic E-state index is 0.161. The molecule has 0 aromatic heterocycles. The Kier molecular flexibility index (Phi) is 5.92. The average molecular weight is 330 g/mol. The van der Waals surface area contributed by atoms with Gasteiger partial charge in [-0.2, -0.15) is 13.2 Å². The first-order valence-corrected chi connectivity index (χ1v) is 8.09. The highest BCUT2D eigenvalue weighted by Crippen LogP contribution is 2.30. The van der Waals surface area contributed by atoms with Crippen LogP contribution in [-0.2, 0) is 19.5 Å². The first-order chi connectivity index (χ1) is 10.8. The van der Waals surface area contributed by atoms with Crippen molar-refractivity contribution in [3.63, 3.8) is 0 Å². The molecule has 0 aliphatic carbocycles. The molecular formula is C17H25F3N2O. The van der Waals surface area contributed by atoms with Gasteiger partial charge in [0.1, 0.15) is 5.75 Å². The second kappa shape index (κ2) is 7.53. The highest BCUT2D eigenvalue weighted by Gasteiger charge is 2.27. The Morgan fingerprint density at radius 3 is 2.61 bits per heavy atom. The van der Waals surface area contributed by atoms with Gasteiger partial charge in [0.15, 0.2) is 0 Å². The van der Waals surface area contributed by atoms with Crippen LogP contribution in [0.4, 0.5) is 13.2 Å². The maximum absolute atomic E-state index is 12.3. The Morgan fingerprint density at radius 2 is 2.00 bits per heavy atom. The minimum atomic E-state index is -4.20. The van der Waals surface area contributed by atoms with Crippen LogP contribution < -0.4 is 10.1 Å². The first kappa shape index (κ1) is 18.1. The zero-order valence-electron chi connectivity index (χ0n) is 14.0. The molecular weight excluding hydrogens is 305 g/mol. The van der Waals surface area contributed by atoms with E-state index in [0.717, 1.165) is 24.9 Å². The van der Waals surface area contributed by atoms with Gasteiger partial charge in [0.05, 0.1) is 13.2 Å². The molecule has 0 amide bonds. The van der Waals surface area contributed by atoms with Crippen molar-refractivity contribution in [3.05, 3.63) is 28.8 Å². The Hall–Kier alpha value is -1.27. The number of nitrogens with one attached hydrogen (secondary N) is 1. The SMILES string of the molecule is CCOc1cc2c(cc1CNCC(F)(F)F)CC(CC)N(C)C2. The third kappa shape index (κ3) is 4.85. The van der Waals surface area contributed by atoms with E-state index in [0.29, 0.717) is 18.4 Å². The van der Waals surface area contributed by atoms with Crippen LogP contribution in [0.15, 0.2) is 12.1 Å². The molecule has 1 heterocycles. The summed E-state index contributed by atoms with van der Waals surface area (Å²) in [6.07, 6.45) is -2.21. The molecule has 130 valence electrons. The lowest BCUT2D eigenvalue weighted by molar-refractivity contribution is -0.125. The third-order valence-corrected chi connectivity index (χ3v) is 4.29. The number of halogens is 3. The molecule has 0 spiro atoms. The number of rotatable bonds is 6. The van der Waals surface area contributed by atoms with Crippen LogP contribution in [0.3, 0.4) is 0 Å². The molecule has 0 radical (unpaired) electrons. The standard InChI is InChI=1S/C17H25F3N2O/c1-4-15-7-12-6-13(9-21-11-17(18,19)20)16(23-5-2)8-14(12)10-22(15)3/h6,8,15,21H,4-5,7,9-11H2,1-3H3. The molecule has 2 rings (SSSR count). The van der Waals surface area contributed by atoms with E-state index in [1.807, 2.05) is 19.1 Å². The summed E-state index contributed by atoms with van der Waals surface area (Å²) >= 11 is 0. The summed E-state index contributed by atoms with van der Waals surface area (Å²) in [5.74, 6) is 0.685. The summed E-state index contributed by atoms with van der Waals surface area (Å²) in [5.41, 5.74) is 3.23. The lowest BCUT2D eigenvalue weighted by atomic mass is 9.91. The van der Waals surface area contributed by atoms with Gasteiger partial charge in [0.2, 0.25) is 0 Å². The topological polar surface area (TPSA) is 24.5 Å². The predicted octanol–water partition coefficient (Wildman–Crippen LogP) is 3.50. The van der Waals surface area contributed by atoms with Gasteiger partial charge in [0.25, 0.3) is 0 Å². The van der Waals surface area contributed by atoms with Crippen molar-refractivity contribution in [2.24, 2.45) is 0 Å². The van der Waals surface area contributed by atoms with Gasteiger partial charge in [-0.25, -0.2) is 0 Å². The molecule has 0 fully saturated rings. The third-order valence-electron chi connectivity index (χ3n) is 4.29. The summed E-state index contributed by atoms with van der Waals surface area (Å²) < 4.78 is 42.6. The molecule has 0 bridgehead atoms. The van der Waals surface area contributed by atoms with E-state index < -0.39 is 12.7 Å². The van der Waals surface area contributed by atoms with E-state index in [1.54, 1.807) is 0 Å². The Bertz CT molecular complexity index is 531. The highest BCUT2D eigenvalue weighted by molar-refractivity contribution is 5.44. The molecule has 1 aliphatic rings. The van der Waals surface area contributed by atoms with Crippen molar-refractivity contribution in [2.75, 3.05) is 20.2 Å². The molecule has 23 heavy (non-hydrogen) atoms. The van der Waals surface area contributed by atoms with Gasteiger partial charge >= 0.3 is 6.18 Å². The average Bonchev–Trinajstić information content (AvgIpc) is 2.46. The summed E-state index contributed by atoms with van der Waals surface area (Å²) in [4.78, 5) is 2.32. The van der Waals surface area contributed by atoms with Crippen LogP contribution in [0.5, 0.6) is 5.75 Å². The number of fused-ring (bicyclic) bond motifs is 1.